The summed E-state index contributed by atoms with van der Waals surface area (Å²) in [6, 6.07) is 0.914. The van der Waals surface area contributed by atoms with Crippen molar-refractivity contribution < 1.29 is 23.1 Å². The SMILES string of the molecule is CNc1ncc(F)cc1C(=O)N(CCO)CC(F)F. The number of nitrogens with one attached hydrogen (secondary N) is 1. The standard InChI is InChI=1S/C11H14F3N3O2/c1-15-10-8(4-7(12)5-16-10)11(19)17(2-3-18)6-9(13)14/h4-5,9,18H,2-3,6H2,1H3,(H,15,16). The van der Waals surface area contributed by atoms with E-state index in [1.807, 2.05) is 0 Å². The molecule has 0 fully saturated rings. The highest BCUT2D eigenvalue weighted by atomic mass is 19.3. The lowest BCUT2D eigenvalue weighted by molar-refractivity contribution is 0.0509. The fraction of sp³-hybridized carbons (Fsp3) is 0.455. The molecule has 5 nitrogen and oxygen atoms in total. The number of halogens is 3. The third kappa shape index (κ3) is 4.09. The summed E-state index contributed by atoms with van der Waals surface area (Å²) in [4.78, 5) is 16.4. The molecule has 1 rings (SSSR count). The average Bonchev–Trinajstić information content (AvgIpc) is 2.37. The highest BCUT2D eigenvalue weighted by Gasteiger charge is 2.22. The molecule has 1 aromatic rings. The molecule has 0 atom stereocenters. The van der Waals surface area contributed by atoms with Crippen LogP contribution in [-0.4, -0.2) is 54.1 Å². The third-order valence-corrected chi connectivity index (χ3v) is 2.34. The van der Waals surface area contributed by atoms with Gasteiger partial charge >= 0.3 is 0 Å². The minimum atomic E-state index is -2.74. The van der Waals surface area contributed by atoms with Crippen molar-refractivity contribution in [2.45, 2.75) is 6.43 Å². The molecule has 19 heavy (non-hydrogen) atoms. The average molecular weight is 277 g/mol. The van der Waals surface area contributed by atoms with Crippen LogP contribution in [0.2, 0.25) is 0 Å². The van der Waals surface area contributed by atoms with Gasteiger partial charge in [0.15, 0.2) is 0 Å². The van der Waals surface area contributed by atoms with Crippen LogP contribution in [0.25, 0.3) is 0 Å². The van der Waals surface area contributed by atoms with Crippen molar-refractivity contribution in [3.63, 3.8) is 0 Å². The summed E-state index contributed by atoms with van der Waals surface area (Å²) in [5.41, 5.74) is -0.156. The Bertz CT molecular complexity index is 443. The molecule has 1 aromatic heterocycles. The first-order chi connectivity index (χ1) is 8.99. The van der Waals surface area contributed by atoms with Crippen molar-refractivity contribution in [2.24, 2.45) is 0 Å². The number of aromatic nitrogens is 1. The van der Waals surface area contributed by atoms with Crippen LogP contribution in [0, 0.1) is 5.82 Å². The van der Waals surface area contributed by atoms with Gasteiger partial charge in [0.1, 0.15) is 11.6 Å². The minimum Gasteiger partial charge on any atom is -0.395 e. The van der Waals surface area contributed by atoms with E-state index in [0.717, 1.165) is 17.2 Å². The molecular weight excluding hydrogens is 263 g/mol. The van der Waals surface area contributed by atoms with Gasteiger partial charge in [0.25, 0.3) is 12.3 Å². The zero-order chi connectivity index (χ0) is 14.4. The van der Waals surface area contributed by atoms with Gasteiger partial charge in [-0.1, -0.05) is 0 Å². The Balaban J connectivity index is 3.04. The largest absolute Gasteiger partial charge is 0.395 e. The van der Waals surface area contributed by atoms with Crippen LogP contribution in [0.15, 0.2) is 12.3 Å². The number of anilines is 1. The molecule has 0 bridgehead atoms. The highest BCUT2D eigenvalue weighted by molar-refractivity contribution is 5.98. The van der Waals surface area contributed by atoms with E-state index in [-0.39, 0.29) is 17.9 Å². The molecular formula is C11H14F3N3O2. The fourth-order valence-corrected chi connectivity index (χ4v) is 1.53. The summed E-state index contributed by atoms with van der Waals surface area (Å²) in [6.07, 6.45) is -1.83. The van der Waals surface area contributed by atoms with Gasteiger partial charge in [-0.15, -0.1) is 0 Å². The van der Waals surface area contributed by atoms with Crippen LogP contribution >= 0.6 is 0 Å². The summed E-state index contributed by atoms with van der Waals surface area (Å²) in [7, 11) is 1.47. The molecule has 1 heterocycles. The lowest BCUT2D eigenvalue weighted by Gasteiger charge is -2.22. The molecule has 0 radical (unpaired) electrons. The van der Waals surface area contributed by atoms with Gasteiger partial charge in [-0.3, -0.25) is 4.79 Å². The Morgan fingerprint density at radius 2 is 2.26 bits per heavy atom. The van der Waals surface area contributed by atoms with Gasteiger partial charge in [-0.2, -0.15) is 0 Å². The van der Waals surface area contributed by atoms with Crippen molar-refractivity contribution in [1.82, 2.24) is 9.88 Å². The van der Waals surface area contributed by atoms with Crippen molar-refractivity contribution in [2.75, 3.05) is 32.1 Å². The van der Waals surface area contributed by atoms with E-state index in [1.54, 1.807) is 0 Å². The smallest absolute Gasteiger partial charge is 0.257 e. The van der Waals surface area contributed by atoms with E-state index in [1.165, 1.54) is 7.05 Å². The number of nitrogens with zero attached hydrogens (tertiary/aromatic N) is 2. The molecule has 0 aromatic carbocycles. The molecule has 0 saturated heterocycles. The van der Waals surface area contributed by atoms with Crippen molar-refractivity contribution in [1.29, 1.82) is 0 Å². The quantitative estimate of drug-likeness (QED) is 0.813. The van der Waals surface area contributed by atoms with Crippen molar-refractivity contribution >= 4 is 11.7 Å². The normalized spacial score (nSPS) is 10.6. The Hall–Kier alpha value is -1.83. The van der Waals surface area contributed by atoms with E-state index in [2.05, 4.69) is 10.3 Å². The summed E-state index contributed by atoms with van der Waals surface area (Å²) < 4.78 is 37.8. The molecule has 2 N–H and O–H groups in total. The zero-order valence-electron chi connectivity index (χ0n) is 10.2. The summed E-state index contributed by atoms with van der Waals surface area (Å²) in [5.74, 6) is -1.47. The van der Waals surface area contributed by atoms with Crippen LogP contribution in [-0.2, 0) is 0 Å². The molecule has 0 unspecified atom stereocenters. The predicted molar refractivity (Wildman–Crippen MR) is 62.7 cm³/mol. The van der Waals surface area contributed by atoms with Gasteiger partial charge in [-0.05, 0) is 6.07 Å². The van der Waals surface area contributed by atoms with E-state index in [0.29, 0.717) is 0 Å². The number of rotatable bonds is 6. The molecule has 0 aliphatic heterocycles. The topological polar surface area (TPSA) is 65.5 Å². The monoisotopic (exact) mass is 277 g/mol. The van der Waals surface area contributed by atoms with E-state index >= 15 is 0 Å². The maximum atomic E-state index is 13.1. The van der Waals surface area contributed by atoms with Gasteiger partial charge in [0.05, 0.1) is 24.9 Å². The maximum Gasteiger partial charge on any atom is 0.257 e. The second kappa shape index (κ2) is 6.93. The first-order valence-electron chi connectivity index (χ1n) is 5.51. The van der Waals surface area contributed by atoms with Crippen LogP contribution in [0.1, 0.15) is 10.4 Å². The van der Waals surface area contributed by atoms with Crippen LogP contribution in [0.5, 0.6) is 0 Å². The first kappa shape index (κ1) is 15.2. The Labute approximate surface area is 108 Å². The highest BCUT2D eigenvalue weighted by Crippen LogP contribution is 2.16. The number of hydrogen-bond acceptors (Lipinski definition) is 4. The molecule has 0 aliphatic carbocycles. The van der Waals surface area contributed by atoms with Gasteiger partial charge in [0, 0.05) is 13.6 Å². The van der Waals surface area contributed by atoms with Gasteiger partial charge < -0.3 is 15.3 Å². The zero-order valence-corrected chi connectivity index (χ0v) is 10.2. The number of aliphatic hydroxyl groups excluding tert-OH is 1. The van der Waals surface area contributed by atoms with Gasteiger partial charge in [-0.25, -0.2) is 18.2 Å². The summed E-state index contributed by atoms with van der Waals surface area (Å²) in [5, 5.41) is 11.4. The molecule has 0 aliphatic rings. The molecule has 0 spiro atoms. The predicted octanol–water partition coefficient (Wildman–Crippen LogP) is 0.962. The Kier molecular flexibility index (Phi) is 5.56. The first-order valence-corrected chi connectivity index (χ1v) is 5.51. The fourth-order valence-electron chi connectivity index (χ4n) is 1.53. The molecule has 106 valence electrons. The maximum absolute atomic E-state index is 13.1. The second-order valence-electron chi connectivity index (χ2n) is 3.67. The second-order valence-corrected chi connectivity index (χ2v) is 3.67. The molecule has 0 saturated carbocycles. The number of aliphatic hydroxyl groups is 1. The van der Waals surface area contributed by atoms with E-state index in [4.69, 9.17) is 5.11 Å². The number of pyridine rings is 1. The van der Waals surface area contributed by atoms with Crippen molar-refractivity contribution in [3.05, 3.63) is 23.6 Å². The van der Waals surface area contributed by atoms with Gasteiger partial charge in [0.2, 0.25) is 0 Å². The van der Waals surface area contributed by atoms with E-state index < -0.39 is 31.3 Å². The Morgan fingerprint density at radius 3 is 2.79 bits per heavy atom. The lowest BCUT2D eigenvalue weighted by Crippen LogP contribution is -2.37. The molecule has 1 amide bonds. The lowest BCUT2D eigenvalue weighted by atomic mass is 10.2. The number of amides is 1. The summed E-state index contributed by atoms with van der Waals surface area (Å²) in [6.45, 7) is -1.56. The summed E-state index contributed by atoms with van der Waals surface area (Å²) >= 11 is 0. The number of hydrogen-bond donors (Lipinski definition) is 2. The van der Waals surface area contributed by atoms with Crippen LogP contribution in [0.3, 0.4) is 0 Å². The van der Waals surface area contributed by atoms with Crippen LogP contribution < -0.4 is 5.32 Å². The van der Waals surface area contributed by atoms with Crippen LogP contribution in [0.4, 0.5) is 19.0 Å². The minimum absolute atomic E-state index is 0.0867. The number of carbonyl (C=O) groups excluding carboxylic acids is 1. The number of alkyl halides is 2. The third-order valence-electron chi connectivity index (χ3n) is 2.34. The Morgan fingerprint density at radius 1 is 1.58 bits per heavy atom. The molecule has 8 heteroatoms. The number of carbonyl (C=O) groups is 1. The van der Waals surface area contributed by atoms with Crippen molar-refractivity contribution in [3.8, 4) is 0 Å². The van der Waals surface area contributed by atoms with E-state index in [9.17, 15) is 18.0 Å².